The molecule has 0 aliphatic rings. The van der Waals surface area contributed by atoms with E-state index in [1.807, 2.05) is 6.92 Å². The first kappa shape index (κ1) is 11.1. The highest BCUT2D eigenvalue weighted by molar-refractivity contribution is 5.90. The van der Waals surface area contributed by atoms with Gasteiger partial charge in [-0.25, -0.2) is 0 Å². The normalized spacial score (nSPS) is 9.67. The van der Waals surface area contributed by atoms with Gasteiger partial charge in [0, 0.05) is 19.5 Å². The zero-order chi connectivity index (χ0) is 11.1. The summed E-state index contributed by atoms with van der Waals surface area (Å²) in [6, 6.07) is 0. The molecule has 0 radical (unpaired) electrons. The first-order valence-corrected chi connectivity index (χ1v) is 4.52. The van der Waals surface area contributed by atoms with Crippen LogP contribution in [0.5, 0.6) is 0 Å². The van der Waals surface area contributed by atoms with Gasteiger partial charge in [-0.05, 0) is 12.1 Å². The Labute approximate surface area is 85.8 Å². The molecule has 3 N–H and O–H groups in total. The van der Waals surface area contributed by atoms with Crippen molar-refractivity contribution < 1.29 is 9.59 Å². The molecule has 0 atom stereocenters. The van der Waals surface area contributed by atoms with Gasteiger partial charge >= 0.3 is 0 Å². The maximum absolute atomic E-state index is 11.2. The number of nitrogens with zero attached hydrogens (tertiary/aromatic N) is 3. The predicted octanol–water partition coefficient (Wildman–Crippen LogP) is -1.54. The minimum absolute atomic E-state index is 0.0362. The molecular formula is C7H12N6O2. The molecule has 1 aromatic heterocycles. The molecule has 82 valence electrons. The summed E-state index contributed by atoms with van der Waals surface area (Å²) in [5.74, 6) is -0.593. The molecule has 0 unspecified atom stereocenters. The fourth-order valence-corrected chi connectivity index (χ4v) is 0.912. The highest BCUT2D eigenvalue weighted by Crippen LogP contribution is 1.83. The summed E-state index contributed by atoms with van der Waals surface area (Å²) in [7, 11) is 0. The Kier molecular flexibility index (Phi) is 4.20. The molecule has 0 spiro atoms. The summed E-state index contributed by atoms with van der Waals surface area (Å²) < 4.78 is 0. The van der Waals surface area contributed by atoms with E-state index < -0.39 is 5.91 Å². The minimum atomic E-state index is -0.451. The number of tetrazole rings is 1. The SMILES string of the molecule is CCNC(=O)CCNC(=O)c1nn[nH]n1. The highest BCUT2D eigenvalue weighted by atomic mass is 16.2. The van der Waals surface area contributed by atoms with Crippen molar-refractivity contribution in [1.29, 1.82) is 0 Å². The average Bonchev–Trinajstić information content (AvgIpc) is 2.70. The lowest BCUT2D eigenvalue weighted by Crippen LogP contribution is -2.31. The van der Waals surface area contributed by atoms with Gasteiger partial charge in [-0.15, -0.1) is 10.2 Å². The van der Waals surface area contributed by atoms with Gasteiger partial charge < -0.3 is 10.6 Å². The largest absolute Gasteiger partial charge is 0.356 e. The molecule has 0 saturated heterocycles. The van der Waals surface area contributed by atoms with Crippen LogP contribution < -0.4 is 10.6 Å². The molecule has 15 heavy (non-hydrogen) atoms. The molecule has 0 bridgehead atoms. The van der Waals surface area contributed by atoms with Crippen molar-refractivity contribution in [3.8, 4) is 0 Å². The van der Waals surface area contributed by atoms with Gasteiger partial charge in [-0.1, -0.05) is 0 Å². The van der Waals surface area contributed by atoms with Crippen molar-refractivity contribution >= 4 is 11.8 Å². The third-order valence-electron chi connectivity index (χ3n) is 1.56. The zero-order valence-electron chi connectivity index (χ0n) is 8.28. The topological polar surface area (TPSA) is 113 Å². The van der Waals surface area contributed by atoms with Crippen LogP contribution in [0.15, 0.2) is 0 Å². The van der Waals surface area contributed by atoms with E-state index in [0.717, 1.165) is 0 Å². The standard InChI is InChI=1S/C7H12N6O2/c1-2-8-5(14)3-4-9-7(15)6-10-12-13-11-6/h2-4H2,1H3,(H,8,14)(H,9,15)(H,10,11,12,13). The van der Waals surface area contributed by atoms with Crippen molar-refractivity contribution in [1.82, 2.24) is 31.3 Å². The van der Waals surface area contributed by atoms with Crippen LogP contribution in [0, 0.1) is 0 Å². The molecule has 8 nitrogen and oxygen atoms in total. The van der Waals surface area contributed by atoms with Crippen LogP contribution in [-0.2, 0) is 4.79 Å². The number of hydrogen-bond acceptors (Lipinski definition) is 5. The lowest BCUT2D eigenvalue weighted by molar-refractivity contribution is -0.120. The Bertz CT molecular complexity index is 322. The van der Waals surface area contributed by atoms with Gasteiger partial charge in [-0.2, -0.15) is 5.21 Å². The number of rotatable bonds is 5. The van der Waals surface area contributed by atoms with E-state index in [1.54, 1.807) is 0 Å². The summed E-state index contributed by atoms with van der Waals surface area (Å²) in [6.45, 7) is 2.66. The smallest absolute Gasteiger partial charge is 0.292 e. The van der Waals surface area contributed by atoms with Gasteiger partial charge in [0.1, 0.15) is 0 Å². The number of hydrogen-bond donors (Lipinski definition) is 3. The van der Waals surface area contributed by atoms with E-state index in [-0.39, 0.29) is 24.7 Å². The summed E-state index contributed by atoms with van der Waals surface area (Å²) in [5, 5.41) is 17.5. The first-order valence-electron chi connectivity index (χ1n) is 4.52. The van der Waals surface area contributed by atoms with Crippen molar-refractivity contribution in [2.75, 3.05) is 13.1 Å². The average molecular weight is 212 g/mol. The number of H-pyrrole nitrogens is 1. The molecule has 2 amide bonds. The lowest BCUT2D eigenvalue weighted by atomic mass is 10.4. The molecule has 0 aromatic carbocycles. The Balaban J connectivity index is 2.21. The Hall–Kier alpha value is -1.99. The van der Waals surface area contributed by atoms with Crippen molar-refractivity contribution in [2.45, 2.75) is 13.3 Å². The molecule has 1 heterocycles. The van der Waals surface area contributed by atoms with Crippen LogP contribution in [0.3, 0.4) is 0 Å². The van der Waals surface area contributed by atoms with Crippen LogP contribution in [0.4, 0.5) is 0 Å². The highest BCUT2D eigenvalue weighted by Gasteiger charge is 2.09. The molecule has 0 fully saturated rings. The zero-order valence-corrected chi connectivity index (χ0v) is 8.28. The van der Waals surface area contributed by atoms with Crippen LogP contribution in [0.2, 0.25) is 0 Å². The second kappa shape index (κ2) is 5.68. The van der Waals surface area contributed by atoms with Crippen LogP contribution in [0.1, 0.15) is 24.0 Å². The van der Waals surface area contributed by atoms with E-state index in [0.29, 0.717) is 6.54 Å². The van der Waals surface area contributed by atoms with E-state index >= 15 is 0 Å². The van der Waals surface area contributed by atoms with Crippen LogP contribution >= 0.6 is 0 Å². The Morgan fingerprint density at radius 2 is 2.20 bits per heavy atom. The van der Waals surface area contributed by atoms with E-state index in [1.165, 1.54) is 0 Å². The number of amides is 2. The van der Waals surface area contributed by atoms with Crippen molar-refractivity contribution in [3.05, 3.63) is 5.82 Å². The molecular weight excluding hydrogens is 200 g/mol. The Morgan fingerprint density at radius 3 is 2.80 bits per heavy atom. The third-order valence-corrected chi connectivity index (χ3v) is 1.56. The molecule has 0 saturated carbocycles. The van der Waals surface area contributed by atoms with Gasteiger partial charge in [0.25, 0.3) is 11.7 Å². The maximum atomic E-state index is 11.2. The van der Waals surface area contributed by atoms with Gasteiger partial charge in [0.05, 0.1) is 0 Å². The first-order chi connectivity index (χ1) is 7.24. The third kappa shape index (κ3) is 3.71. The number of nitrogens with one attached hydrogen (secondary N) is 3. The van der Waals surface area contributed by atoms with Crippen LogP contribution in [0.25, 0.3) is 0 Å². The van der Waals surface area contributed by atoms with Crippen molar-refractivity contribution in [2.24, 2.45) is 0 Å². The maximum Gasteiger partial charge on any atom is 0.292 e. The fourth-order valence-electron chi connectivity index (χ4n) is 0.912. The number of carbonyl (C=O) groups excluding carboxylic acids is 2. The summed E-state index contributed by atoms with van der Waals surface area (Å²) in [5.41, 5.74) is 0. The number of aromatic amines is 1. The number of aromatic nitrogens is 4. The molecule has 1 rings (SSSR count). The second-order valence-electron chi connectivity index (χ2n) is 2.69. The van der Waals surface area contributed by atoms with Gasteiger partial charge in [0.2, 0.25) is 5.91 Å². The second-order valence-corrected chi connectivity index (χ2v) is 2.69. The molecule has 0 aliphatic carbocycles. The summed E-state index contributed by atoms with van der Waals surface area (Å²) in [6.07, 6.45) is 0.234. The summed E-state index contributed by atoms with van der Waals surface area (Å²) >= 11 is 0. The van der Waals surface area contributed by atoms with Gasteiger partial charge in [-0.3, -0.25) is 9.59 Å². The predicted molar refractivity (Wildman–Crippen MR) is 49.8 cm³/mol. The van der Waals surface area contributed by atoms with E-state index in [2.05, 4.69) is 31.3 Å². The minimum Gasteiger partial charge on any atom is -0.356 e. The lowest BCUT2D eigenvalue weighted by Gasteiger charge is -2.02. The molecule has 1 aromatic rings. The number of carbonyl (C=O) groups is 2. The Morgan fingerprint density at radius 1 is 1.40 bits per heavy atom. The van der Waals surface area contributed by atoms with E-state index in [4.69, 9.17) is 0 Å². The fraction of sp³-hybridized carbons (Fsp3) is 0.571. The van der Waals surface area contributed by atoms with Crippen LogP contribution in [-0.4, -0.2) is 45.5 Å². The molecule has 8 heteroatoms. The quantitative estimate of drug-likeness (QED) is 0.547. The molecule has 0 aliphatic heterocycles. The monoisotopic (exact) mass is 212 g/mol. The van der Waals surface area contributed by atoms with E-state index in [9.17, 15) is 9.59 Å². The van der Waals surface area contributed by atoms with Gasteiger partial charge in [0.15, 0.2) is 0 Å². The van der Waals surface area contributed by atoms with Crippen molar-refractivity contribution in [3.63, 3.8) is 0 Å². The summed E-state index contributed by atoms with van der Waals surface area (Å²) in [4.78, 5) is 22.2.